The lowest BCUT2D eigenvalue weighted by Crippen LogP contribution is -2.78. The molecule has 0 amide bonds. The Morgan fingerprint density at radius 2 is 1.69 bits per heavy atom. The van der Waals surface area contributed by atoms with Crippen molar-refractivity contribution in [3.05, 3.63) is 42.0 Å². The number of aliphatic hydroxyl groups is 5. The van der Waals surface area contributed by atoms with Crippen LogP contribution in [0.25, 0.3) is 6.08 Å². The molecule has 10 atom stereocenters. The highest BCUT2D eigenvalue weighted by atomic mass is 16.4. The van der Waals surface area contributed by atoms with Gasteiger partial charge in [-0.3, -0.25) is 4.79 Å². The molecular formula is C30H42O6. The molecule has 5 rings (SSSR count). The highest BCUT2D eigenvalue weighted by Gasteiger charge is 2.81. The second kappa shape index (κ2) is 8.47. The predicted molar refractivity (Wildman–Crippen MR) is 137 cm³/mol. The summed E-state index contributed by atoms with van der Waals surface area (Å²) in [4.78, 5) is 14.0. The molecule has 0 aliphatic heterocycles. The average Bonchev–Trinajstić information content (AvgIpc) is 3.08. The number of ketones is 1. The molecule has 0 heterocycles. The monoisotopic (exact) mass is 498 g/mol. The Labute approximate surface area is 214 Å². The van der Waals surface area contributed by atoms with Gasteiger partial charge in [-0.25, -0.2) is 0 Å². The number of rotatable bonds is 4. The van der Waals surface area contributed by atoms with Crippen LogP contribution in [0.1, 0.15) is 77.7 Å². The summed E-state index contributed by atoms with van der Waals surface area (Å²) in [6, 6.07) is 9.51. The molecule has 0 unspecified atom stereocenters. The first-order valence-corrected chi connectivity index (χ1v) is 13.6. The third-order valence-electron chi connectivity index (χ3n) is 11.5. The number of hydrogen-bond acceptors (Lipinski definition) is 6. The van der Waals surface area contributed by atoms with Crippen LogP contribution in [-0.4, -0.2) is 60.3 Å². The summed E-state index contributed by atoms with van der Waals surface area (Å²) in [6.07, 6.45) is 5.37. The van der Waals surface area contributed by atoms with E-state index in [0.717, 1.165) is 12.0 Å². The summed E-state index contributed by atoms with van der Waals surface area (Å²) >= 11 is 0. The number of carbonyl (C=O) groups is 1. The van der Waals surface area contributed by atoms with Crippen molar-refractivity contribution >= 4 is 11.9 Å². The Bertz CT molecular complexity index is 1040. The summed E-state index contributed by atoms with van der Waals surface area (Å²) in [5, 5.41) is 58.0. The number of benzene rings is 1. The minimum atomic E-state index is -1.74. The molecular weight excluding hydrogens is 456 g/mol. The molecule has 6 heteroatoms. The number of hydrogen-bond donors (Lipinski definition) is 5. The zero-order valence-corrected chi connectivity index (χ0v) is 21.7. The van der Waals surface area contributed by atoms with E-state index in [4.69, 9.17) is 0 Å². The Balaban J connectivity index is 1.62. The fraction of sp³-hybridized carbons (Fsp3) is 0.700. The molecule has 0 radical (unpaired) electrons. The zero-order chi connectivity index (χ0) is 26.1. The van der Waals surface area contributed by atoms with Gasteiger partial charge in [0.05, 0.1) is 23.4 Å². The fourth-order valence-corrected chi connectivity index (χ4v) is 9.26. The van der Waals surface area contributed by atoms with Crippen molar-refractivity contribution in [3.8, 4) is 0 Å². The second-order valence-corrected chi connectivity index (χ2v) is 12.7. The molecule has 0 spiro atoms. The molecule has 0 saturated heterocycles. The van der Waals surface area contributed by atoms with Gasteiger partial charge < -0.3 is 25.5 Å². The van der Waals surface area contributed by atoms with E-state index in [1.54, 1.807) is 13.0 Å². The van der Waals surface area contributed by atoms with Crippen molar-refractivity contribution in [2.24, 2.45) is 28.6 Å². The van der Waals surface area contributed by atoms with Gasteiger partial charge in [-0.2, -0.15) is 0 Å². The van der Waals surface area contributed by atoms with E-state index >= 15 is 0 Å². The van der Waals surface area contributed by atoms with Crippen LogP contribution in [0.3, 0.4) is 0 Å². The fourth-order valence-electron chi connectivity index (χ4n) is 9.26. The van der Waals surface area contributed by atoms with Crippen molar-refractivity contribution in [1.29, 1.82) is 0 Å². The van der Waals surface area contributed by atoms with Crippen molar-refractivity contribution in [3.63, 3.8) is 0 Å². The first-order valence-electron chi connectivity index (χ1n) is 13.6. The maximum atomic E-state index is 14.0. The summed E-state index contributed by atoms with van der Waals surface area (Å²) in [6.45, 7) is 5.37. The molecule has 5 N–H and O–H groups in total. The SMILES string of the molecule is C[C@H](O)[C@]1(O)CC[C@@]2(O)[C@]1(C)[C@H](C(=O)/C=C/c1ccccc1)C[C@@H]1[C@@]3(C)CC[C@H](O)C[C@@H]3CC[C@]12O. The zero-order valence-electron chi connectivity index (χ0n) is 21.7. The molecule has 198 valence electrons. The van der Waals surface area contributed by atoms with Gasteiger partial charge in [0.25, 0.3) is 0 Å². The molecule has 0 aromatic heterocycles. The van der Waals surface area contributed by atoms with Gasteiger partial charge in [-0.15, -0.1) is 0 Å². The second-order valence-electron chi connectivity index (χ2n) is 12.7. The topological polar surface area (TPSA) is 118 Å². The van der Waals surface area contributed by atoms with Gasteiger partial charge in [-0.1, -0.05) is 50.3 Å². The third kappa shape index (κ3) is 3.24. The van der Waals surface area contributed by atoms with E-state index in [1.807, 2.05) is 30.3 Å². The third-order valence-corrected chi connectivity index (χ3v) is 11.5. The lowest BCUT2D eigenvalue weighted by Gasteiger charge is -2.69. The van der Waals surface area contributed by atoms with E-state index in [9.17, 15) is 30.3 Å². The number of fused-ring (bicyclic) bond motifs is 5. The Kier molecular flexibility index (Phi) is 6.13. The average molecular weight is 499 g/mol. The van der Waals surface area contributed by atoms with E-state index in [0.29, 0.717) is 32.1 Å². The van der Waals surface area contributed by atoms with Gasteiger partial charge >= 0.3 is 0 Å². The van der Waals surface area contributed by atoms with Crippen LogP contribution in [0, 0.1) is 28.6 Å². The van der Waals surface area contributed by atoms with E-state index in [-0.39, 0.29) is 42.0 Å². The summed E-state index contributed by atoms with van der Waals surface area (Å²) in [7, 11) is 0. The smallest absolute Gasteiger partial charge is 0.159 e. The molecule has 1 aromatic carbocycles. The van der Waals surface area contributed by atoms with E-state index in [2.05, 4.69) is 6.92 Å². The molecule has 6 nitrogen and oxygen atoms in total. The van der Waals surface area contributed by atoms with Crippen molar-refractivity contribution < 1.29 is 30.3 Å². The minimum Gasteiger partial charge on any atom is -0.393 e. The Morgan fingerprint density at radius 3 is 2.36 bits per heavy atom. The van der Waals surface area contributed by atoms with Crippen molar-refractivity contribution in [1.82, 2.24) is 0 Å². The lowest BCUT2D eigenvalue weighted by molar-refractivity contribution is -0.328. The summed E-state index contributed by atoms with van der Waals surface area (Å²) in [5.74, 6) is -1.14. The maximum Gasteiger partial charge on any atom is 0.159 e. The van der Waals surface area contributed by atoms with Crippen LogP contribution in [-0.2, 0) is 4.79 Å². The summed E-state index contributed by atoms with van der Waals surface area (Å²) in [5.41, 5.74) is -5.84. The van der Waals surface area contributed by atoms with Crippen LogP contribution >= 0.6 is 0 Å². The molecule has 0 bridgehead atoms. The number of allylic oxidation sites excluding steroid dienone is 1. The van der Waals surface area contributed by atoms with E-state index < -0.39 is 34.2 Å². The van der Waals surface area contributed by atoms with Gasteiger partial charge in [0.15, 0.2) is 5.78 Å². The lowest BCUT2D eigenvalue weighted by atomic mass is 9.38. The van der Waals surface area contributed by atoms with Crippen LogP contribution in [0.2, 0.25) is 0 Å². The largest absolute Gasteiger partial charge is 0.393 e. The van der Waals surface area contributed by atoms with Gasteiger partial charge in [0, 0.05) is 11.3 Å². The first-order chi connectivity index (χ1) is 16.8. The van der Waals surface area contributed by atoms with Crippen LogP contribution < -0.4 is 0 Å². The van der Waals surface area contributed by atoms with Crippen LogP contribution in [0.15, 0.2) is 36.4 Å². The summed E-state index contributed by atoms with van der Waals surface area (Å²) < 4.78 is 0. The Hall–Kier alpha value is -1.57. The van der Waals surface area contributed by atoms with Gasteiger partial charge in [-0.05, 0) is 87.2 Å². The predicted octanol–water partition coefficient (Wildman–Crippen LogP) is 3.24. The Morgan fingerprint density at radius 1 is 1.00 bits per heavy atom. The van der Waals surface area contributed by atoms with Crippen molar-refractivity contribution in [2.75, 3.05) is 0 Å². The number of carbonyl (C=O) groups excluding carboxylic acids is 1. The molecule has 1 aromatic rings. The normalized spacial score (nSPS) is 49.2. The minimum absolute atomic E-state index is 0.109. The number of aliphatic hydroxyl groups excluding tert-OH is 2. The van der Waals surface area contributed by atoms with Crippen LogP contribution in [0.4, 0.5) is 0 Å². The standard InChI is InChI=1S/C30H42O6/c1-19(31)28(34)15-16-30(36)27(28,3)23(24(33)10-9-20-7-5-4-6-8-20)18-25-26(2)13-12-22(32)17-21(26)11-14-29(25,30)35/h4-10,19,21-23,25,31-32,34-36H,11-18H2,1-3H3/b10-9+/t19-,21-,22-,23-,25+,26-,27+,28+,29-,30+/m0/s1. The van der Waals surface area contributed by atoms with Crippen molar-refractivity contribution in [2.45, 2.75) is 101 Å². The maximum absolute atomic E-state index is 14.0. The van der Waals surface area contributed by atoms with E-state index in [1.165, 1.54) is 13.0 Å². The highest BCUT2D eigenvalue weighted by molar-refractivity contribution is 5.96. The van der Waals surface area contributed by atoms with Crippen LogP contribution in [0.5, 0.6) is 0 Å². The van der Waals surface area contributed by atoms with Gasteiger partial charge in [0.1, 0.15) is 5.60 Å². The first kappa shape index (κ1) is 26.1. The molecule has 4 fully saturated rings. The molecule has 4 saturated carbocycles. The highest BCUT2D eigenvalue weighted by Crippen LogP contribution is 2.73. The quantitative estimate of drug-likeness (QED) is 0.407. The van der Waals surface area contributed by atoms with Gasteiger partial charge in [0.2, 0.25) is 0 Å². The molecule has 36 heavy (non-hydrogen) atoms. The molecule has 4 aliphatic rings. The molecule has 4 aliphatic carbocycles.